The Morgan fingerprint density at radius 2 is 2.00 bits per heavy atom. The SMILES string of the molecule is COc1cccc(-c2cc(C(=O)NCc3ccccc3Cl)c3c(C)nn(C4CCS(=O)(=O)C4)c3n2)c1. The van der Waals surface area contributed by atoms with Crippen molar-refractivity contribution in [3.63, 3.8) is 0 Å². The number of hydrogen-bond acceptors (Lipinski definition) is 6. The zero-order valence-electron chi connectivity index (χ0n) is 19.9. The van der Waals surface area contributed by atoms with Gasteiger partial charge in [0.2, 0.25) is 0 Å². The van der Waals surface area contributed by atoms with Crippen LogP contribution in [0.15, 0.2) is 54.6 Å². The smallest absolute Gasteiger partial charge is 0.252 e. The molecular weight excluding hydrogens is 500 g/mol. The normalized spacial score (nSPS) is 16.8. The number of rotatable bonds is 6. The van der Waals surface area contributed by atoms with Crippen LogP contribution in [0.1, 0.15) is 34.1 Å². The molecule has 4 aromatic rings. The van der Waals surface area contributed by atoms with Crippen LogP contribution in [0.3, 0.4) is 0 Å². The molecule has 1 saturated heterocycles. The number of fused-ring (bicyclic) bond motifs is 1. The molecule has 3 heterocycles. The predicted molar refractivity (Wildman–Crippen MR) is 139 cm³/mol. The van der Waals surface area contributed by atoms with Crippen LogP contribution in [0.4, 0.5) is 0 Å². The quantitative estimate of drug-likeness (QED) is 0.402. The minimum Gasteiger partial charge on any atom is -0.497 e. The van der Waals surface area contributed by atoms with E-state index in [1.54, 1.807) is 30.8 Å². The van der Waals surface area contributed by atoms with Crippen LogP contribution in [0, 0.1) is 6.92 Å². The van der Waals surface area contributed by atoms with Gasteiger partial charge in [0.15, 0.2) is 15.5 Å². The van der Waals surface area contributed by atoms with E-state index in [0.717, 1.165) is 11.1 Å². The molecular formula is C26H25ClN4O4S. The van der Waals surface area contributed by atoms with E-state index in [2.05, 4.69) is 10.4 Å². The molecule has 1 atom stereocenters. The number of aryl methyl sites for hydroxylation is 1. The van der Waals surface area contributed by atoms with E-state index in [1.807, 2.05) is 42.5 Å². The highest BCUT2D eigenvalue weighted by atomic mass is 35.5. The highest BCUT2D eigenvalue weighted by molar-refractivity contribution is 7.91. The van der Waals surface area contributed by atoms with Crippen LogP contribution in [0.25, 0.3) is 22.3 Å². The number of nitrogens with zero attached hydrogens (tertiary/aromatic N) is 3. The van der Waals surface area contributed by atoms with Gasteiger partial charge in [0.05, 0.1) is 47.0 Å². The third-order valence-corrected chi connectivity index (χ3v) is 8.52. The Hall–Kier alpha value is -3.43. The summed E-state index contributed by atoms with van der Waals surface area (Å²) >= 11 is 6.27. The van der Waals surface area contributed by atoms with E-state index in [-0.39, 0.29) is 30.0 Å². The lowest BCUT2D eigenvalue weighted by Gasteiger charge is -2.13. The maximum atomic E-state index is 13.5. The molecule has 1 fully saturated rings. The molecule has 2 aromatic carbocycles. The first-order valence-electron chi connectivity index (χ1n) is 11.5. The van der Waals surface area contributed by atoms with Crippen LogP contribution in [-0.4, -0.2) is 47.7 Å². The molecule has 36 heavy (non-hydrogen) atoms. The van der Waals surface area contributed by atoms with E-state index < -0.39 is 9.84 Å². The maximum absolute atomic E-state index is 13.5. The molecule has 10 heteroatoms. The number of carbonyl (C=O) groups excluding carboxylic acids is 1. The first kappa shape index (κ1) is 24.3. The van der Waals surface area contributed by atoms with Gasteiger partial charge in [-0.3, -0.25) is 4.79 Å². The van der Waals surface area contributed by atoms with Gasteiger partial charge in [0.1, 0.15) is 5.75 Å². The monoisotopic (exact) mass is 524 g/mol. The minimum absolute atomic E-state index is 0.00231. The van der Waals surface area contributed by atoms with Crippen molar-refractivity contribution in [2.24, 2.45) is 0 Å². The molecule has 186 valence electrons. The Bertz CT molecular complexity index is 1580. The van der Waals surface area contributed by atoms with Crippen molar-refractivity contribution >= 4 is 38.4 Å². The van der Waals surface area contributed by atoms with Crippen LogP contribution < -0.4 is 10.1 Å². The third-order valence-electron chi connectivity index (χ3n) is 6.40. The van der Waals surface area contributed by atoms with Crippen molar-refractivity contribution in [3.05, 3.63) is 76.4 Å². The molecule has 0 spiro atoms. The molecule has 0 bridgehead atoms. The second-order valence-corrected chi connectivity index (χ2v) is 11.5. The number of methoxy groups -OCH3 is 1. The summed E-state index contributed by atoms with van der Waals surface area (Å²) in [5, 5.41) is 8.78. The summed E-state index contributed by atoms with van der Waals surface area (Å²) in [5.74, 6) is 0.472. The van der Waals surface area contributed by atoms with Gasteiger partial charge in [-0.2, -0.15) is 5.10 Å². The van der Waals surface area contributed by atoms with Gasteiger partial charge in [-0.1, -0.05) is 41.9 Å². The highest BCUT2D eigenvalue weighted by Crippen LogP contribution is 2.33. The number of hydrogen-bond donors (Lipinski definition) is 1. The lowest BCUT2D eigenvalue weighted by molar-refractivity contribution is 0.0952. The van der Waals surface area contributed by atoms with Gasteiger partial charge in [0.25, 0.3) is 5.91 Å². The first-order chi connectivity index (χ1) is 17.3. The fourth-order valence-corrected chi connectivity index (χ4v) is 6.45. The Kier molecular flexibility index (Phi) is 6.44. The second-order valence-electron chi connectivity index (χ2n) is 8.85. The summed E-state index contributed by atoms with van der Waals surface area (Å²) in [6.45, 7) is 2.06. The van der Waals surface area contributed by atoms with E-state index in [0.29, 0.717) is 45.2 Å². The fraction of sp³-hybridized carbons (Fsp3) is 0.269. The number of ether oxygens (including phenoxy) is 1. The van der Waals surface area contributed by atoms with Crippen LogP contribution in [-0.2, 0) is 16.4 Å². The zero-order chi connectivity index (χ0) is 25.4. The maximum Gasteiger partial charge on any atom is 0.252 e. The predicted octanol–water partition coefficient (Wildman–Crippen LogP) is 4.36. The summed E-state index contributed by atoms with van der Waals surface area (Å²) < 4.78 is 31.4. The minimum atomic E-state index is -3.14. The first-order valence-corrected chi connectivity index (χ1v) is 13.7. The Morgan fingerprint density at radius 1 is 1.19 bits per heavy atom. The topological polar surface area (TPSA) is 103 Å². The number of sulfone groups is 1. The number of halogens is 1. The van der Waals surface area contributed by atoms with Crippen LogP contribution in [0.2, 0.25) is 5.02 Å². The van der Waals surface area contributed by atoms with Crippen molar-refractivity contribution in [1.82, 2.24) is 20.1 Å². The van der Waals surface area contributed by atoms with Crippen LogP contribution in [0.5, 0.6) is 5.75 Å². The molecule has 1 N–H and O–H groups in total. The van der Waals surface area contributed by atoms with Crippen molar-refractivity contribution in [3.8, 4) is 17.0 Å². The highest BCUT2D eigenvalue weighted by Gasteiger charge is 2.32. The van der Waals surface area contributed by atoms with E-state index >= 15 is 0 Å². The molecule has 8 nitrogen and oxygen atoms in total. The van der Waals surface area contributed by atoms with E-state index in [9.17, 15) is 13.2 Å². The van der Waals surface area contributed by atoms with Gasteiger partial charge in [-0.15, -0.1) is 0 Å². The zero-order valence-corrected chi connectivity index (χ0v) is 21.4. The Labute approximate surface area is 214 Å². The van der Waals surface area contributed by atoms with Crippen molar-refractivity contribution < 1.29 is 17.9 Å². The standard InChI is InChI=1S/C26H25ClN4O4S/c1-16-24-21(26(32)28-14-18-6-3-4-9-22(18)27)13-23(17-7-5-8-20(12-17)35-2)29-25(24)31(30-16)19-10-11-36(33,34)15-19/h3-9,12-13,19H,10-11,14-15H2,1-2H3,(H,28,32). The van der Waals surface area contributed by atoms with Crippen molar-refractivity contribution in [1.29, 1.82) is 0 Å². The third kappa shape index (κ3) is 4.68. The molecule has 5 rings (SSSR count). The molecule has 1 aliphatic heterocycles. The number of benzene rings is 2. The molecule has 1 unspecified atom stereocenters. The average Bonchev–Trinajstić information content (AvgIpc) is 3.41. The van der Waals surface area contributed by atoms with E-state index in [1.165, 1.54) is 0 Å². The molecule has 0 saturated carbocycles. The van der Waals surface area contributed by atoms with Gasteiger partial charge in [-0.05, 0) is 43.2 Å². The molecule has 2 aromatic heterocycles. The Balaban J connectivity index is 1.63. The summed E-state index contributed by atoms with van der Waals surface area (Å²) in [7, 11) is -1.56. The van der Waals surface area contributed by atoms with Gasteiger partial charge in [0, 0.05) is 17.1 Å². The summed E-state index contributed by atoms with van der Waals surface area (Å²) in [6, 6.07) is 16.1. The summed E-state index contributed by atoms with van der Waals surface area (Å²) in [5.41, 5.74) is 3.63. The van der Waals surface area contributed by atoms with Gasteiger partial charge < -0.3 is 10.1 Å². The molecule has 0 radical (unpaired) electrons. The van der Waals surface area contributed by atoms with Crippen molar-refractivity contribution in [2.45, 2.75) is 25.9 Å². The van der Waals surface area contributed by atoms with Gasteiger partial charge in [-0.25, -0.2) is 18.1 Å². The number of pyridine rings is 1. The summed E-state index contributed by atoms with van der Waals surface area (Å²) in [4.78, 5) is 18.4. The number of amides is 1. The number of carbonyl (C=O) groups is 1. The molecule has 1 aliphatic rings. The molecule has 1 amide bonds. The average molecular weight is 525 g/mol. The molecule has 0 aliphatic carbocycles. The van der Waals surface area contributed by atoms with Crippen LogP contribution >= 0.6 is 11.6 Å². The second kappa shape index (κ2) is 9.55. The Morgan fingerprint density at radius 3 is 2.72 bits per heavy atom. The summed E-state index contributed by atoms with van der Waals surface area (Å²) in [6.07, 6.45) is 0.456. The lowest BCUT2D eigenvalue weighted by atomic mass is 10.0. The number of aromatic nitrogens is 3. The lowest BCUT2D eigenvalue weighted by Crippen LogP contribution is -2.23. The number of nitrogens with one attached hydrogen (secondary N) is 1. The van der Waals surface area contributed by atoms with Crippen molar-refractivity contribution in [2.75, 3.05) is 18.6 Å². The fourth-order valence-electron chi connectivity index (χ4n) is 4.56. The largest absolute Gasteiger partial charge is 0.497 e. The van der Waals surface area contributed by atoms with Gasteiger partial charge >= 0.3 is 0 Å². The van der Waals surface area contributed by atoms with E-state index in [4.69, 9.17) is 21.3 Å².